The average molecular weight is 479 g/mol. The predicted octanol–water partition coefficient (Wildman–Crippen LogP) is 3.92. The van der Waals surface area contributed by atoms with Gasteiger partial charge in [0.1, 0.15) is 28.0 Å². The van der Waals surface area contributed by atoms with Crippen molar-refractivity contribution in [2.45, 2.75) is 4.90 Å². The highest BCUT2D eigenvalue weighted by Gasteiger charge is 2.17. The summed E-state index contributed by atoms with van der Waals surface area (Å²) in [5, 5.41) is 22.6. The molecular weight excluding hydrogens is 462 g/mol. The molecule has 3 rings (SSSR count). The van der Waals surface area contributed by atoms with Crippen molar-refractivity contribution in [1.82, 2.24) is 0 Å². The van der Waals surface area contributed by atoms with E-state index >= 15 is 0 Å². The Morgan fingerprint density at radius 2 is 1.71 bits per heavy atom. The van der Waals surface area contributed by atoms with Gasteiger partial charge in [-0.3, -0.25) is 14.9 Å². The number of hydrogen-bond acceptors (Lipinski definition) is 8. The third kappa shape index (κ3) is 5.96. The van der Waals surface area contributed by atoms with Crippen molar-refractivity contribution in [2.75, 3.05) is 12.4 Å². The minimum atomic E-state index is -4.07. The van der Waals surface area contributed by atoms with Gasteiger partial charge in [-0.25, -0.2) is 0 Å². The fourth-order valence-electron chi connectivity index (χ4n) is 2.75. The zero-order chi connectivity index (χ0) is 24.7. The number of carbonyl (C=O) groups is 1. The van der Waals surface area contributed by atoms with Crippen LogP contribution in [-0.2, 0) is 14.9 Å². The monoisotopic (exact) mass is 479 g/mol. The summed E-state index contributed by atoms with van der Waals surface area (Å²) in [6, 6.07) is 18.4. The molecule has 1 amide bonds. The first-order valence-electron chi connectivity index (χ1n) is 9.58. The number of rotatable bonds is 8. The first-order chi connectivity index (χ1) is 16.2. The number of carbonyl (C=O) groups excluding carboxylic acids is 1. The van der Waals surface area contributed by atoms with E-state index in [1.165, 1.54) is 86.0 Å². The molecule has 0 heterocycles. The van der Waals surface area contributed by atoms with E-state index in [1.807, 2.05) is 0 Å². The Balaban J connectivity index is 1.73. The molecule has 0 aliphatic heterocycles. The SMILES string of the molecule is COc1ccc(S(=O)(=O)Oc2ccc(/C=C(\C#N)C(=O)Nc3cccc([N+](=O)[O-])c3)cc2)cc1. The van der Waals surface area contributed by atoms with Crippen LogP contribution in [0.1, 0.15) is 5.56 Å². The molecule has 0 aromatic heterocycles. The highest BCUT2D eigenvalue weighted by atomic mass is 32.2. The molecule has 0 aliphatic carbocycles. The molecule has 0 fully saturated rings. The molecule has 34 heavy (non-hydrogen) atoms. The van der Waals surface area contributed by atoms with Crippen molar-refractivity contribution in [3.63, 3.8) is 0 Å². The van der Waals surface area contributed by atoms with Gasteiger partial charge in [-0.05, 0) is 54.1 Å². The molecule has 1 N–H and O–H groups in total. The number of nitrogens with zero attached hydrogens (tertiary/aromatic N) is 2. The Morgan fingerprint density at radius 3 is 2.29 bits per heavy atom. The van der Waals surface area contributed by atoms with Crippen LogP contribution in [0.4, 0.5) is 11.4 Å². The Hall–Kier alpha value is -4.69. The van der Waals surface area contributed by atoms with E-state index in [4.69, 9.17) is 8.92 Å². The molecule has 0 bridgehead atoms. The lowest BCUT2D eigenvalue weighted by Gasteiger charge is -2.08. The lowest BCUT2D eigenvalue weighted by Crippen LogP contribution is -2.13. The zero-order valence-electron chi connectivity index (χ0n) is 17.7. The van der Waals surface area contributed by atoms with Crippen LogP contribution in [0, 0.1) is 21.4 Å². The summed E-state index contributed by atoms with van der Waals surface area (Å²) < 4.78 is 35.0. The summed E-state index contributed by atoms with van der Waals surface area (Å²) in [6.07, 6.45) is 1.29. The van der Waals surface area contributed by atoms with Crippen LogP contribution in [-0.4, -0.2) is 26.4 Å². The topological polar surface area (TPSA) is 149 Å². The molecule has 3 aromatic carbocycles. The summed E-state index contributed by atoms with van der Waals surface area (Å²) in [7, 11) is -2.61. The van der Waals surface area contributed by atoms with E-state index in [1.54, 1.807) is 6.07 Å². The van der Waals surface area contributed by atoms with Crippen molar-refractivity contribution in [3.05, 3.63) is 94.0 Å². The van der Waals surface area contributed by atoms with Gasteiger partial charge in [0.2, 0.25) is 0 Å². The molecule has 0 spiro atoms. The highest BCUT2D eigenvalue weighted by Crippen LogP contribution is 2.22. The number of amides is 1. The highest BCUT2D eigenvalue weighted by molar-refractivity contribution is 7.87. The van der Waals surface area contributed by atoms with Gasteiger partial charge in [-0.1, -0.05) is 18.2 Å². The van der Waals surface area contributed by atoms with Crippen LogP contribution >= 0.6 is 0 Å². The van der Waals surface area contributed by atoms with E-state index in [2.05, 4.69) is 5.32 Å². The number of nitro benzene ring substituents is 1. The molecular formula is C23H17N3O7S. The van der Waals surface area contributed by atoms with E-state index in [0.717, 1.165) is 0 Å². The fourth-order valence-corrected chi connectivity index (χ4v) is 3.68. The number of methoxy groups -OCH3 is 1. The maximum Gasteiger partial charge on any atom is 0.339 e. The van der Waals surface area contributed by atoms with Gasteiger partial charge in [0.05, 0.1) is 12.0 Å². The first-order valence-corrected chi connectivity index (χ1v) is 11.0. The third-order valence-electron chi connectivity index (χ3n) is 4.43. The van der Waals surface area contributed by atoms with Gasteiger partial charge in [0.15, 0.2) is 0 Å². The number of nitriles is 1. The van der Waals surface area contributed by atoms with Crippen LogP contribution in [0.5, 0.6) is 11.5 Å². The zero-order valence-corrected chi connectivity index (χ0v) is 18.5. The van der Waals surface area contributed by atoms with E-state index in [-0.39, 0.29) is 27.6 Å². The van der Waals surface area contributed by atoms with Gasteiger partial charge < -0.3 is 14.2 Å². The average Bonchev–Trinajstić information content (AvgIpc) is 2.83. The molecule has 11 heteroatoms. The van der Waals surface area contributed by atoms with E-state index in [9.17, 15) is 28.6 Å². The van der Waals surface area contributed by atoms with Gasteiger partial charge >= 0.3 is 10.1 Å². The third-order valence-corrected chi connectivity index (χ3v) is 5.69. The second-order valence-electron chi connectivity index (χ2n) is 6.71. The van der Waals surface area contributed by atoms with Gasteiger partial charge in [0, 0.05) is 17.8 Å². The normalized spacial score (nSPS) is 11.2. The molecule has 0 saturated carbocycles. The van der Waals surface area contributed by atoms with Crippen LogP contribution in [0.15, 0.2) is 83.3 Å². The Labute approximate surface area is 194 Å². The van der Waals surface area contributed by atoms with Gasteiger partial charge in [-0.15, -0.1) is 0 Å². The number of non-ortho nitro benzene ring substituents is 1. The second-order valence-corrected chi connectivity index (χ2v) is 8.26. The maximum atomic E-state index is 12.4. The molecule has 0 radical (unpaired) electrons. The summed E-state index contributed by atoms with van der Waals surface area (Å²) in [4.78, 5) is 22.6. The summed E-state index contributed by atoms with van der Waals surface area (Å²) in [6.45, 7) is 0. The predicted molar refractivity (Wildman–Crippen MR) is 123 cm³/mol. The Bertz CT molecular complexity index is 1390. The summed E-state index contributed by atoms with van der Waals surface area (Å²) >= 11 is 0. The van der Waals surface area contributed by atoms with Crippen molar-refractivity contribution < 1.29 is 27.1 Å². The van der Waals surface area contributed by atoms with Crippen LogP contribution in [0.2, 0.25) is 0 Å². The van der Waals surface area contributed by atoms with Crippen LogP contribution in [0.3, 0.4) is 0 Å². The largest absolute Gasteiger partial charge is 0.497 e. The number of nitro groups is 1. The lowest BCUT2D eigenvalue weighted by molar-refractivity contribution is -0.384. The quantitative estimate of drug-likeness (QED) is 0.168. The first kappa shape index (κ1) is 24.0. The molecule has 0 atom stereocenters. The molecule has 0 aliphatic rings. The fraction of sp³-hybridized carbons (Fsp3) is 0.0435. The lowest BCUT2D eigenvalue weighted by atomic mass is 10.1. The summed E-state index contributed by atoms with van der Waals surface area (Å²) in [5.74, 6) is -0.226. The van der Waals surface area contributed by atoms with Crippen LogP contribution in [0.25, 0.3) is 6.08 Å². The Kier molecular flexibility index (Phi) is 7.25. The number of nitrogens with one attached hydrogen (secondary N) is 1. The Morgan fingerprint density at radius 1 is 1.06 bits per heavy atom. The van der Waals surface area contributed by atoms with Crippen molar-refractivity contribution in [2.24, 2.45) is 0 Å². The van der Waals surface area contributed by atoms with E-state index in [0.29, 0.717) is 11.3 Å². The molecule has 0 unspecified atom stereocenters. The van der Waals surface area contributed by atoms with Gasteiger partial charge in [0.25, 0.3) is 11.6 Å². The smallest absolute Gasteiger partial charge is 0.339 e. The summed E-state index contributed by atoms with van der Waals surface area (Å²) in [5.41, 5.74) is 0.124. The van der Waals surface area contributed by atoms with Crippen molar-refractivity contribution in [3.8, 4) is 17.6 Å². The van der Waals surface area contributed by atoms with Gasteiger partial charge in [-0.2, -0.15) is 13.7 Å². The minimum Gasteiger partial charge on any atom is -0.497 e. The number of ether oxygens (including phenoxy) is 1. The molecule has 10 nitrogen and oxygen atoms in total. The standard InChI is InChI=1S/C23H17N3O7S/c1-32-20-9-11-22(12-10-20)34(30,31)33-21-7-5-16(6-8-21)13-17(15-24)23(27)25-18-3-2-4-19(14-18)26(28)29/h2-14H,1H3,(H,25,27)/b17-13+. The molecule has 0 saturated heterocycles. The maximum absolute atomic E-state index is 12.4. The second kappa shape index (κ2) is 10.3. The molecule has 3 aromatic rings. The van der Waals surface area contributed by atoms with Crippen molar-refractivity contribution >= 4 is 33.5 Å². The minimum absolute atomic E-state index is 0.0347. The number of benzene rings is 3. The van der Waals surface area contributed by atoms with Crippen molar-refractivity contribution in [1.29, 1.82) is 5.26 Å². The number of anilines is 1. The molecule has 172 valence electrons. The van der Waals surface area contributed by atoms with E-state index < -0.39 is 20.9 Å². The number of hydrogen-bond donors (Lipinski definition) is 1. The van der Waals surface area contributed by atoms with Crippen LogP contribution < -0.4 is 14.2 Å².